The number of methoxy groups -OCH3 is 1. The van der Waals surface area contributed by atoms with Gasteiger partial charge >= 0.3 is 0 Å². The van der Waals surface area contributed by atoms with Crippen molar-refractivity contribution in [1.29, 1.82) is 0 Å². The molecule has 2 atom stereocenters. The maximum atomic E-state index is 5.42. The van der Waals surface area contributed by atoms with Crippen molar-refractivity contribution in [3.63, 3.8) is 0 Å². The van der Waals surface area contributed by atoms with Crippen LogP contribution < -0.4 is 10.1 Å². The molecule has 116 valence electrons. The molecule has 2 heterocycles. The van der Waals surface area contributed by atoms with Crippen molar-refractivity contribution < 1.29 is 4.74 Å². The molecular weight excluding hydrogens is 262 g/mol. The van der Waals surface area contributed by atoms with Gasteiger partial charge in [0.2, 0.25) is 5.88 Å². The molecule has 1 aromatic rings. The first kappa shape index (κ1) is 14.8. The number of hydrogen-bond acceptors (Lipinski definition) is 4. The van der Waals surface area contributed by atoms with Crippen LogP contribution in [0.3, 0.4) is 0 Å². The molecule has 1 saturated carbocycles. The third-order valence-electron chi connectivity index (χ3n) is 4.87. The summed E-state index contributed by atoms with van der Waals surface area (Å²) in [6.07, 6.45) is 4.59. The van der Waals surface area contributed by atoms with Crippen LogP contribution in [0.5, 0.6) is 5.88 Å². The molecule has 21 heavy (non-hydrogen) atoms. The third kappa shape index (κ3) is 3.38. The molecule has 0 bridgehead atoms. The predicted octanol–water partition coefficient (Wildman–Crippen LogP) is 2.30. The van der Waals surface area contributed by atoms with Crippen LogP contribution in [-0.2, 0) is 6.54 Å². The van der Waals surface area contributed by atoms with Crippen LogP contribution in [0, 0.1) is 11.8 Å². The Hall–Kier alpha value is -1.13. The molecule has 0 radical (unpaired) electrons. The van der Waals surface area contributed by atoms with Crippen molar-refractivity contribution in [2.75, 3.05) is 20.2 Å². The quantitative estimate of drug-likeness (QED) is 0.902. The molecule has 1 saturated heterocycles. The fraction of sp³-hybridized carbons (Fsp3) is 0.706. The van der Waals surface area contributed by atoms with Crippen molar-refractivity contribution >= 4 is 0 Å². The molecule has 2 unspecified atom stereocenters. The van der Waals surface area contributed by atoms with Crippen molar-refractivity contribution in [1.82, 2.24) is 15.2 Å². The number of pyridine rings is 1. The van der Waals surface area contributed by atoms with Gasteiger partial charge in [-0.05, 0) is 30.7 Å². The summed E-state index contributed by atoms with van der Waals surface area (Å²) in [5.41, 5.74) is 1.20. The van der Waals surface area contributed by atoms with Crippen molar-refractivity contribution in [3.8, 4) is 5.88 Å². The number of nitrogens with one attached hydrogen (secondary N) is 1. The van der Waals surface area contributed by atoms with E-state index in [1.165, 1.54) is 18.4 Å². The first-order valence-electron chi connectivity index (χ1n) is 8.14. The van der Waals surface area contributed by atoms with E-state index in [4.69, 9.17) is 4.74 Å². The molecule has 2 aliphatic rings. The van der Waals surface area contributed by atoms with E-state index < -0.39 is 0 Å². The van der Waals surface area contributed by atoms with Crippen molar-refractivity contribution in [2.45, 2.75) is 45.3 Å². The molecule has 1 aliphatic carbocycles. The first-order valence-corrected chi connectivity index (χ1v) is 8.14. The summed E-state index contributed by atoms with van der Waals surface area (Å²) in [4.78, 5) is 6.96. The Labute approximate surface area is 127 Å². The van der Waals surface area contributed by atoms with Crippen LogP contribution in [0.4, 0.5) is 0 Å². The van der Waals surface area contributed by atoms with Crippen molar-refractivity contribution in [2.24, 2.45) is 11.8 Å². The summed E-state index contributed by atoms with van der Waals surface area (Å²) in [6.45, 7) is 7.81. The lowest BCUT2D eigenvalue weighted by Crippen LogP contribution is -2.58. The van der Waals surface area contributed by atoms with E-state index >= 15 is 0 Å². The zero-order valence-corrected chi connectivity index (χ0v) is 13.4. The second-order valence-electron chi connectivity index (χ2n) is 6.76. The zero-order chi connectivity index (χ0) is 14.8. The Kier molecular flexibility index (Phi) is 4.45. The largest absolute Gasteiger partial charge is 0.481 e. The van der Waals surface area contributed by atoms with E-state index in [1.54, 1.807) is 13.3 Å². The number of nitrogens with zero attached hydrogens (tertiary/aromatic N) is 2. The van der Waals surface area contributed by atoms with E-state index in [0.29, 0.717) is 18.0 Å². The second-order valence-corrected chi connectivity index (χ2v) is 6.76. The molecule has 0 amide bonds. The van der Waals surface area contributed by atoms with Gasteiger partial charge in [-0.3, -0.25) is 4.90 Å². The van der Waals surface area contributed by atoms with Gasteiger partial charge in [0.25, 0.3) is 0 Å². The zero-order valence-electron chi connectivity index (χ0n) is 13.4. The second kappa shape index (κ2) is 6.32. The van der Waals surface area contributed by atoms with Gasteiger partial charge in [0.1, 0.15) is 0 Å². The molecule has 0 spiro atoms. The van der Waals surface area contributed by atoms with Crippen LogP contribution in [0.25, 0.3) is 0 Å². The lowest BCUT2D eigenvalue weighted by Gasteiger charge is -2.42. The Balaban J connectivity index is 1.74. The fourth-order valence-corrected chi connectivity index (χ4v) is 3.45. The molecule has 4 heteroatoms. The molecule has 4 nitrogen and oxygen atoms in total. The summed E-state index contributed by atoms with van der Waals surface area (Å²) in [5, 5.41) is 3.77. The lowest BCUT2D eigenvalue weighted by atomic mass is 9.96. The van der Waals surface area contributed by atoms with E-state index in [2.05, 4.69) is 35.1 Å². The fourth-order valence-electron chi connectivity index (χ4n) is 3.45. The number of rotatable bonds is 5. The highest BCUT2D eigenvalue weighted by Gasteiger charge is 2.38. The van der Waals surface area contributed by atoms with Crippen LogP contribution >= 0.6 is 0 Å². The SMILES string of the molecule is COc1ncccc1CN1CC(C2CC2)NCC1C(C)C. The van der Waals surface area contributed by atoms with E-state index in [-0.39, 0.29) is 0 Å². The topological polar surface area (TPSA) is 37.4 Å². The Morgan fingerprint density at radius 3 is 2.90 bits per heavy atom. The number of ether oxygens (including phenoxy) is 1. The van der Waals surface area contributed by atoms with Crippen LogP contribution in [0.15, 0.2) is 18.3 Å². The highest BCUT2D eigenvalue weighted by atomic mass is 16.5. The smallest absolute Gasteiger partial charge is 0.217 e. The summed E-state index contributed by atoms with van der Waals surface area (Å²) < 4.78 is 5.42. The summed E-state index contributed by atoms with van der Waals surface area (Å²) in [6, 6.07) is 5.40. The molecule has 1 aromatic heterocycles. The van der Waals surface area contributed by atoms with Crippen LogP contribution in [0.2, 0.25) is 0 Å². The van der Waals surface area contributed by atoms with E-state index in [0.717, 1.165) is 31.4 Å². The number of hydrogen-bond donors (Lipinski definition) is 1. The minimum Gasteiger partial charge on any atom is -0.481 e. The van der Waals surface area contributed by atoms with Gasteiger partial charge < -0.3 is 10.1 Å². The standard InChI is InChI=1S/C17H27N3O/c1-12(2)16-9-19-15(13-6-7-13)11-20(16)10-14-5-4-8-18-17(14)21-3/h4-5,8,12-13,15-16,19H,6-7,9-11H2,1-3H3. The summed E-state index contributed by atoms with van der Waals surface area (Å²) in [7, 11) is 1.70. The lowest BCUT2D eigenvalue weighted by molar-refractivity contribution is 0.0842. The number of aromatic nitrogens is 1. The molecule has 2 fully saturated rings. The maximum Gasteiger partial charge on any atom is 0.217 e. The summed E-state index contributed by atoms with van der Waals surface area (Å²) >= 11 is 0. The van der Waals surface area contributed by atoms with Gasteiger partial charge in [-0.15, -0.1) is 0 Å². The Bertz CT molecular complexity index is 473. The highest BCUT2D eigenvalue weighted by molar-refractivity contribution is 5.25. The van der Waals surface area contributed by atoms with Gasteiger partial charge in [0.05, 0.1) is 7.11 Å². The number of piperazine rings is 1. The molecule has 3 rings (SSSR count). The van der Waals surface area contributed by atoms with Gasteiger partial charge in [-0.1, -0.05) is 19.9 Å². The molecule has 1 N–H and O–H groups in total. The normalized spacial score (nSPS) is 27.0. The van der Waals surface area contributed by atoms with Gasteiger partial charge in [-0.25, -0.2) is 4.98 Å². The molecule has 1 aliphatic heterocycles. The third-order valence-corrected chi connectivity index (χ3v) is 4.87. The monoisotopic (exact) mass is 289 g/mol. The van der Waals surface area contributed by atoms with Gasteiger partial charge in [0, 0.05) is 43.5 Å². The van der Waals surface area contributed by atoms with E-state index in [1.807, 2.05) is 6.07 Å². The average molecular weight is 289 g/mol. The Morgan fingerprint density at radius 2 is 2.24 bits per heavy atom. The minimum atomic E-state index is 0.588. The molecular formula is C17H27N3O. The first-order chi connectivity index (χ1) is 10.2. The minimum absolute atomic E-state index is 0.588. The molecule has 0 aromatic carbocycles. The van der Waals surface area contributed by atoms with Gasteiger partial charge in [0.15, 0.2) is 0 Å². The van der Waals surface area contributed by atoms with Crippen LogP contribution in [0.1, 0.15) is 32.3 Å². The van der Waals surface area contributed by atoms with Crippen molar-refractivity contribution in [3.05, 3.63) is 23.9 Å². The van der Waals surface area contributed by atoms with Crippen LogP contribution in [-0.4, -0.2) is 42.2 Å². The highest BCUT2D eigenvalue weighted by Crippen LogP contribution is 2.35. The Morgan fingerprint density at radius 1 is 1.43 bits per heavy atom. The average Bonchev–Trinajstić information content (AvgIpc) is 3.32. The maximum absolute atomic E-state index is 5.42. The predicted molar refractivity (Wildman–Crippen MR) is 84.3 cm³/mol. The van der Waals surface area contributed by atoms with Gasteiger partial charge in [-0.2, -0.15) is 0 Å². The van der Waals surface area contributed by atoms with E-state index in [9.17, 15) is 0 Å². The summed E-state index contributed by atoms with van der Waals surface area (Å²) in [5.74, 6) is 2.32.